The van der Waals surface area contributed by atoms with E-state index in [1.54, 1.807) is 24.5 Å². The summed E-state index contributed by atoms with van der Waals surface area (Å²) in [5.74, 6) is 1.34. The molecule has 1 atom stereocenters. The van der Waals surface area contributed by atoms with Crippen molar-refractivity contribution in [3.8, 4) is 11.4 Å². The number of hydrogen-bond donors (Lipinski definition) is 1. The Morgan fingerprint density at radius 1 is 1.30 bits per heavy atom. The van der Waals surface area contributed by atoms with Crippen LogP contribution in [-0.2, 0) is 7.05 Å². The monoisotopic (exact) mass is 333 g/mol. The zero-order valence-corrected chi connectivity index (χ0v) is 13.5. The van der Waals surface area contributed by atoms with Crippen molar-refractivity contribution in [3.63, 3.8) is 0 Å². The van der Waals surface area contributed by atoms with Crippen LogP contribution in [0.25, 0.3) is 11.4 Å². The molecule has 23 heavy (non-hydrogen) atoms. The lowest BCUT2D eigenvalue weighted by Crippen LogP contribution is -2.04. The number of hydrogen-bond acceptors (Lipinski definition) is 5. The highest BCUT2D eigenvalue weighted by atomic mass is 32.2. The van der Waals surface area contributed by atoms with Crippen LogP contribution in [0.2, 0.25) is 0 Å². The number of aliphatic hydroxyl groups is 1. The average Bonchev–Trinajstić information content (AvgIpc) is 3.11. The maximum atomic E-state index is 13.7. The Morgan fingerprint density at radius 3 is 2.78 bits per heavy atom. The van der Waals surface area contributed by atoms with Gasteiger partial charge in [0.25, 0.3) is 0 Å². The highest BCUT2D eigenvalue weighted by Crippen LogP contribution is 2.28. The van der Waals surface area contributed by atoms with Gasteiger partial charge in [-0.3, -0.25) is 0 Å². The van der Waals surface area contributed by atoms with Crippen molar-refractivity contribution >= 4 is 11.8 Å². The van der Waals surface area contributed by atoms with Gasteiger partial charge in [0.2, 0.25) is 0 Å². The molecule has 3 aromatic rings. The van der Waals surface area contributed by atoms with E-state index in [2.05, 4.69) is 10.2 Å². The predicted octanol–water partition coefficient (Wildman–Crippen LogP) is 3.35. The second kappa shape index (κ2) is 6.55. The van der Waals surface area contributed by atoms with Crippen LogP contribution in [0, 0.1) is 12.7 Å². The van der Waals surface area contributed by atoms with E-state index in [-0.39, 0.29) is 11.3 Å². The first-order valence-corrected chi connectivity index (χ1v) is 8.05. The van der Waals surface area contributed by atoms with Crippen molar-refractivity contribution in [1.82, 2.24) is 14.8 Å². The zero-order valence-electron chi connectivity index (χ0n) is 12.7. The first kappa shape index (κ1) is 15.8. The molecule has 1 N–H and O–H groups in total. The lowest BCUT2D eigenvalue weighted by atomic mass is 10.1. The Morgan fingerprint density at radius 2 is 2.09 bits per heavy atom. The lowest BCUT2D eigenvalue weighted by Gasteiger charge is -2.11. The molecule has 0 bridgehead atoms. The summed E-state index contributed by atoms with van der Waals surface area (Å²) in [4.78, 5) is 0. The Hall–Kier alpha value is -2.12. The Labute approximate surface area is 137 Å². The van der Waals surface area contributed by atoms with Crippen molar-refractivity contribution in [2.75, 3.05) is 5.75 Å². The van der Waals surface area contributed by atoms with Crippen LogP contribution in [0.5, 0.6) is 0 Å². The number of nitrogens with zero attached hydrogens (tertiary/aromatic N) is 3. The van der Waals surface area contributed by atoms with Crippen LogP contribution >= 0.6 is 11.8 Å². The third-order valence-corrected chi connectivity index (χ3v) is 4.67. The van der Waals surface area contributed by atoms with E-state index < -0.39 is 11.9 Å². The molecule has 0 aliphatic carbocycles. The largest absolute Gasteiger partial charge is 0.469 e. The smallest absolute Gasteiger partial charge is 0.191 e. The van der Waals surface area contributed by atoms with Gasteiger partial charge in [0.15, 0.2) is 11.0 Å². The number of rotatable bonds is 5. The topological polar surface area (TPSA) is 64.1 Å². The molecule has 3 rings (SSSR count). The molecule has 0 unspecified atom stereocenters. The summed E-state index contributed by atoms with van der Waals surface area (Å²) < 4.78 is 20.8. The number of furan rings is 1. The number of halogens is 1. The van der Waals surface area contributed by atoms with Gasteiger partial charge in [0.05, 0.1) is 17.9 Å². The Kier molecular flexibility index (Phi) is 4.49. The van der Waals surface area contributed by atoms with Gasteiger partial charge in [-0.2, -0.15) is 0 Å². The van der Waals surface area contributed by atoms with Gasteiger partial charge >= 0.3 is 0 Å². The molecule has 0 aliphatic heterocycles. The van der Waals surface area contributed by atoms with Crippen LogP contribution in [0.4, 0.5) is 4.39 Å². The molecule has 2 aromatic heterocycles. The van der Waals surface area contributed by atoms with Gasteiger partial charge in [0, 0.05) is 18.4 Å². The van der Waals surface area contributed by atoms with Gasteiger partial charge in [0.1, 0.15) is 11.6 Å². The van der Waals surface area contributed by atoms with Crippen LogP contribution in [0.3, 0.4) is 0 Å². The fraction of sp³-hybridized carbons (Fsp3) is 0.250. The van der Waals surface area contributed by atoms with E-state index in [4.69, 9.17) is 4.42 Å². The fourth-order valence-electron chi connectivity index (χ4n) is 2.28. The minimum absolute atomic E-state index is 0.285. The van der Waals surface area contributed by atoms with Crippen molar-refractivity contribution in [2.24, 2.45) is 7.05 Å². The van der Waals surface area contributed by atoms with Crippen molar-refractivity contribution < 1.29 is 13.9 Å². The highest BCUT2D eigenvalue weighted by Gasteiger charge is 2.17. The van der Waals surface area contributed by atoms with E-state index in [1.165, 1.54) is 17.8 Å². The standard InChI is InChI=1S/C16H16FN3O2S/c1-10-11(7-8-22-10)15-18-19-16(20(15)2)23-9-14(21)12-5-3-4-6-13(12)17/h3-8,14,21H,9H2,1-2H3/t14-/m0/s1. The molecule has 1 aromatic carbocycles. The molecule has 120 valence electrons. The first-order valence-electron chi connectivity index (χ1n) is 7.07. The number of thioether (sulfide) groups is 1. The average molecular weight is 333 g/mol. The summed E-state index contributed by atoms with van der Waals surface area (Å²) in [6.07, 6.45) is 0.700. The zero-order chi connectivity index (χ0) is 16.4. The van der Waals surface area contributed by atoms with E-state index in [9.17, 15) is 9.50 Å². The summed E-state index contributed by atoms with van der Waals surface area (Å²) in [6, 6.07) is 8.06. The van der Waals surface area contributed by atoms with Crippen LogP contribution < -0.4 is 0 Å². The van der Waals surface area contributed by atoms with E-state index >= 15 is 0 Å². The predicted molar refractivity (Wildman–Crippen MR) is 85.5 cm³/mol. The molecule has 2 heterocycles. The third-order valence-electron chi connectivity index (χ3n) is 3.57. The molecule has 0 saturated heterocycles. The molecule has 0 saturated carbocycles. The fourth-order valence-corrected chi connectivity index (χ4v) is 3.15. The summed E-state index contributed by atoms with van der Waals surface area (Å²) in [5.41, 5.74) is 1.16. The molecule has 7 heteroatoms. The number of aliphatic hydroxyl groups excluding tert-OH is 1. The maximum absolute atomic E-state index is 13.7. The van der Waals surface area contributed by atoms with Crippen LogP contribution in [0.1, 0.15) is 17.4 Å². The first-order chi connectivity index (χ1) is 11.1. The Balaban J connectivity index is 1.74. The maximum Gasteiger partial charge on any atom is 0.191 e. The molecule has 0 fully saturated rings. The molecule has 0 amide bonds. The van der Waals surface area contributed by atoms with Crippen LogP contribution in [0.15, 0.2) is 46.2 Å². The number of aryl methyl sites for hydroxylation is 1. The van der Waals surface area contributed by atoms with Gasteiger partial charge in [-0.25, -0.2) is 4.39 Å². The van der Waals surface area contributed by atoms with E-state index in [1.807, 2.05) is 24.6 Å². The van der Waals surface area contributed by atoms with Crippen molar-refractivity contribution in [3.05, 3.63) is 53.7 Å². The molecule has 0 radical (unpaired) electrons. The minimum Gasteiger partial charge on any atom is -0.469 e. The van der Waals surface area contributed by atoms with Crippen molar-refractivity contribution in [2.45, 2.75) is 18.2 Å². The van der Waals surface area contributed by atoms with E-state index in [0.717, 1.165) is 11.3 Å². The number of aromatic nitrogens is 3. The lowest BCUT2D eigenvalue weighted by molar-refractivity contribution is 0.199. The molecule has 5 nitrogen and oxygen atoms in total. The summed E-state index contributed by atoms with van der Waals surface area (Å²) in [5, 5.41) is 19.1. The molecular formula is C16H16FN3O2S. The second-order valence-corrected chi connectivity index (χ2v) is 6.09. The second-order valence-electron chi connectivity index (χ2n) is 5.10. The third kappa shape index (κ3) is 3.16. The SMILES string of the molecule is Cc1occc1-c1nnc(SC[C@H](O)c2ccccc2F)n1C. The normalized spacial score (nSPS) is 12.5. The molecule has 0 spiro atoms. The van der Waals surface area contributed by atoms with Crippen molar-refractivity contribution in [1.29, 1.82) is 0 Å². The quantitative estimate of drug-likeness (QED) is 0.726. The number of benzene rings is 1. The minimum atomic E-state index is -0.906. The van der Waals surface area contributed by atoms with E-state index in [0.29, 0.717) is 11.0 Å². The molecular weight excluding hydrogens is 317 g/mol. The van der Waals surface area contributed by atoms with Crippen LogP contribution in [-0.4, -0.2) is 25.6 Å². The van der Waals surface area contributed by atoms with Gasteiger partial charge in [-0.15, -0.1) is 10.2 Å². The summed E-state index contributed by atoms with van der Waals surface area (Å²) in [7, 11) is 1.85. The van der Waals surface area contributed by atoms with Gasteiger partial charge in [-0.05, 0) is 19.1 Å². The molecule has 0 aliphatic rings. The summed E-state index contributed by atoms with van der Waals surface area (Å²) in [6.45, 7) is 1.86. The van der Waals surface area contributed by atoms with Gasteiger partial charge in [-0.1, -0.05) is 30.0 Å². The highest BCUT2D eigenvalue weighted by molar-refractivity contribution is 7.99. The summed E-state index contributed by atoms with van der Waals surface area (Å²) >= 11 is 1.32. The van der Waals surface area contributed by atoms with Gasteiger partial charge < -0.3 is 14.1 Å². The Bertz CT molecular complexity index is 815.